The molecule has 0 radical (unpaired) electrons. The Morgan fingerprint density at radius 2 is 2.26 bits per heavy atom. The van der Waals surface area contributed by atoms with Crippen molar-refractivity contribution in [3.8, 4) is 0 Å². The highest BCUT2D eigenvalue weighted by Gasteiger charge is 2.07. The second-order valence-corrected chi connectivity index (χ2v) is 3.88. The molecule has 3 N–H and O–H groups in total. The Bertz CT molecular complexity index is 620. The normalized spacial score (nSPS) is 10.4. The molecular weight excluding hydrogens is 250 g/mol. The monoisotopic (exact) mass is 263 g/mol. The van der Waals surface area contributed by atoms with Gasteiger partial charge in [0.15, 0.2) is 0 Å². The van der Waals surface area contributed by atoms with E-state index in [2.05, 4.69) is 20.0 Å². The van der Waals surface area contributed by atoms with E-state index in [-0.39, 0.29) is 18.0 Å². The lowest BCUT2D eigenvalue weighted by atomic mass is 10.2. The Labute approximate surface area is 108 Å². The van der Waals surface area contributed by atoms with Gasteiger partial charge in [0.1, 0.15) is 0 Å². The third-order valence-corrected chi connectivity index (χ3v) is 2.58. The third kappa shape index (κ3) is 3.01. The van der Waals surface area contributed by atoms with Gasteiger partial charge in [-0.05, 0) is 18.2 Å². The number of aromatic carboxylic acids is 1. The van der Waals surface area contributed by atoms with Crippen LogP contribution in [-0.2, 0) is 9.53 Å². The van der Waals surface area contributed by atoms with Crippen molar-refractivity contribution in [2.75, 3.05) is 19.0 Å². The number of aromatic amines is 1. The molecule has 0 saturated carbocycles. The highest BCUT2D eigenvalue weighted by molar-refractivity contribution is 5.92. The molecule has 2 aromatic rings. The SMILES string of the molecule is COC(=O)CCNc1nc2ccc(C(=O)O)cc2[nH]1. The van der Waals surface area contributed by atoms with Gasteiger partial charge in [0.25, 0.3) is 0 Å². The number of anilines is 1. The number of carbonyl (C=O) groups excluding carboxylic acids is 1. The minimum absolute atomic E-state index is 0.192. The minimum atomic E-state index is -0.989. The number of carboxylic acids is 1. The number of rotatable bonds is 5. The van der Waals surface area contributed by atoms with Crippen LogP contribution in [0.1, 0.15) is 16.8 Å². The first-order valence-electron chi connectivity index (χ1n) is 5.64. The summed E-state index contributed by atoms with van der Waals surface area (Å²) in [6.45, 7) is 0.387. The van der Waals surface area contributed by atoms with E-state index in [4.69, 9.17) is 5.11 Å². The Morgan fingerprint density at radius 1 is 1.47 bits per heavy atom. The topological polar surface area (TPSA) is 104 Å². The number of hydrogen-bond donors (Lipinski definition) is 3. The summed E-state index contributed by atoms with van der Waals surface area (Å²) in [4.78, 5) is 28.9. The Balaban J connectivity index is 2.09. The molecule has 1 aromatic carbocycles. The summed E-state index contributed by atoms with van der Waals surface area (Å²) in [5.41, 5.74) is 1.48. The molecule has 0 fully saturated rings. The summed E-state index contributed by atoms with van der Waals surface area (Å²) >= 11 is 0. The highest BCUT2D eigenvalue weighted by atomic mass is 16.5. The molecule has 7 heteroatoms. The van der Waals surface area contributed by atoms with Gasteiger partial charge >= 0.3 is 11.9 Å². The summed E-state index contributed by atoms with van der Waals surface area (Å²) in [6, 6.07) is 4.63. The number of hydrogen-bond acceptors (Lipinski definition) is 5. The van der Waals surface area contributed by atoms with Crippen LogP contribution in [0.3, 0.4) is 0 Å². The molecule has 0 unspecified atom stereocenters. The number of ether oxygens (including phenoxy) is 1. The van der Waals surface area contributed by atoms with E-state index in [1.807, 2.05) is 0 Å². The first-order valence-corrected chi connectivity index (χ1v) is 5.64. The molecule has 0 saturated heterocycles. The lowest BCUT2D eigenvalue weighted by Gasteiger charge is -2.00. The average molecular weight is 263 g/mol. The van der Waals surface area contributed by atoms with Crippen LogP contribution in [0, 0.1) is 0 Å². The number of esters is 1. The fourth-order valence-electron chi connectivity index (χ4n) is 1.61. The Hall–Kier alpha value is -2.57. The van der Waals surface area contributed by atoms with Crippen LogP contribution in [0.5, 0.6) is 0 Å². The summed E-state index contributed by atoms with van der Waals surface area (Å²) in [6.07, 6.45) is 0.230. The first kappa shape index (κ1) is 12.9. The van der Waals surface area contributed by atoms with Crippen molar-refractivity contribution in [2.45, 2.75) is 6.42 Å². The van der Waals surface area contributed by atoms with Gasteiger partial charge in [-0.25, -0.2) is 9.78 Å². The Kier molecular flexibility index (Phi) is 3.65. The van der Waals surface area contributed by atoms with Crippen molar-refractivity contribution in [1.82, 2.24) is 9.97 Å². The lowest BCUT2D eigenvalue weighted by molar-refractivity contribution is -0.140. The summed E-state index contributed by atoms with van der Waals surface area (Å²) in [7, 11) is 1.33. The number of carbonyl (C=O) groups is 2. The van der Waals surface area contributed by atoms with Crippen molar-refractivity contribution >= 4 is 28.9 Å². The van der Waals surface area contributed by atoms with Crippen LogP contribution in [0.15, 0.2) is 18.2 Å². The Morgan fingerprint density at radius 3 is 2.95 bits per heavy atom. The van der Waals surface area contributed by atoms with Gasteiger partial charge in [-0.1, -0.05) is 0 Å². The lowest BCUT2D eigenvalue weighted by Crippen LogP contribution is -2.10. The molecule has 0 aliphatic heterocycles. The number of imidazole rings is 1. The average Bonchev–Trinajstić information content (AvgIpc) is 2.79. The van der Waals surface area contributed by atoms with Crippen LogP contribution in [-0.4, -0.2) is 40.7 Å². The fraction of sp³-hybridized carbons (Fsp3) is 0.250. The number of H-pyrrole nitrogens is 1. The van der Waals surface area contributed by atoms with E-state index in [0.29, 0.717) is 23.5 Å². The number of fused-ring (bicyclic) bond motifs is 1. The molecule has 0 bridgehead atoms. The maximum atomic E-state index is 10.9. The van der Waals surface area contributed by atoms with Crippen LogP contribution >= 0.6 is 0 Å². The summed E-state index contributed by atoms with van der Waals surface area (Å²) < 4.78 is 4.51. The van der Waals surface area contributed by atoms with Crippen molar-refractivity contribution in [3.05, 3.63) is 23.8 Å². The van der Waals surface area contributed by atoms with Gasteiger partial charge in [0, 0.05) is 6.54 Å². The molecule has 1 heterocycles. The van der Waals surface area contributed by atoms with Gasteiger partial charge < -0.3 is 20.1 Å². The third-order valence-electron chi connectivity index (χ3n) is 2.58. The number of nitrogens with one attached hydrogen (secondary N) is 2. The molecule has 0 aliphatic carbocycles. The zero-order chi connectivity index (χ0) is 13.8. The minimum Gasteiger partial charge on any atom is -0.478 e. The van der Waals surface area contributed by atoms with E-state index in [1.165, 1.54) is 19.2 Å². The van der Waals surface area contributed by atoms with Crippen LogP contribution < -0.4 is 5.32 Å². The fourth-order valence-corrected chi connectivity index (χ4v) is 1.61. The maximum Gasteiger partial charge on any atom is 0.335 e. The number of nitrogens with zero attached hydrogens (tertiary/aromatic N) is 1. The number of benzene rings is 1. The molecule has 0 atom stereocenters. The number of carboxylic acid groups (broad SMARTS) is 1. The molecule has 7 nitrogen and oxygen atoms in total. The maximum absolute atomic E-state index is 10.9. The predicted octanol–water partition coefficient (Wildman–Crippen LogP) is 1.24. The zero-order valence-electron chi connectivity index (χ0n) is 10.3. The smallest absolute Gasteiger partial charge is 0.335 e. The van der Waals surface area contributed by atoms with Crippen molar-refractivity contribution in [1.29, 1.82) is 0 Å². The summed E-state index contributed by atoms with van der Waals surface area (Å²) in [5.74, 6) is -0.810. The number of methoxy groups -OCH3 is 1. The van der Waals surface area contributed by atoms with Gasteiger partial charge in [-0.15, -0.1) is 0 Å². The second-order valence-electron chi connectivity index (χ2n) is 3.88. The van der Waals surface area contributed by atoms with Crippen molar-refractivity contribution in [2.24, 2.45) is 0 Å². The molecule has 19 heavy (non-hydrogen) atoms. The standard InChI is InChI=1S/C12H13N3O4/c1-19-10(16)4-5-13-12-14-8-3-2-7(11(17)18)6-9(8)15-12/h2-3,6H,4-5H2,1H3,(H,17,18)(H2,13,14,15). The van der Waals surface area contributed by atoms with Gasteiger partial charge in [0.05, 0.1) is 30.1 Å². The molecule has 0 spiro atoms. The molecule has 2 rings (SSSR count). The van der Waals surface area contributed by atoms with Crippen molar-refractivity contribution in [3.63, 3.8) is 0 Å². The summed E-state index contributed by atoms with van der Waals surface area (Å²) in [5, 5.41) is 11.8. The van der Waals surface area contributed by atoms with Crippen molar-refractivity contribution < 1.29 is 19.4 Å². The van der Waals surface area contributed by atoms with Crippen LogP contribution in [0.25, 0.3) is 11.0 Å². The van der Waals surface area contributed by atoms with E-state index in [0.717, 1.165) is 0 Å². The van der Waals surface area contributed by atoms with E-state index < -0.39 is 5.97 Å². The number of aromatic nitrogens is 2. The van der Waals surface area contributed by atoms with E-state index in [1.54, 1.807) is 6.07 Å². The molecule has 0 aliphatic rings. The predicted molar refractivity (Wildman–Crippen MR) is 68.2 cm³/mol. The van der Waals surface area contributed by atoms with E-state index in [9.17, 15) is 9.59 Å². The molecule has 0 amide bonds. The van der Waals surface area contributed by atoms with Crippen LogP contribution in [0.4, 0.5) is 5.95 Å². The first-order chi connectivity index (χ1) is 9.10. The largest absolute Gasteiger partial charge is 0.478 e. The quantitative estimate of drug-likeness (QED) is 0.701. The molecule has 1 aromatic heterocycles. The second kappa shape index (κ2) is 5.38. The molecular formula is C12H13N3O4. The van der Waals surface area contributed by atoms with E-state index >= 15 is 0 Å². The highest BCUT2D eigenvalue weighted by Crippen LogP contribution is 2.16. The van der Waals surface area contributed by atoms with Gasteiger partial charge in [0.2, 0.25) is 5.95 Å². The van der Waals surface area contributed by atoms with Gasteiger partial charge in [-0.3, -0.25) is 4.79 Å². The molecule has 100 valence electrons. The zero-order valence-corrected chi connectivity index (χ0v) is 10.3. The van der Waals surface area contributed by atoms with Gasteiger partial charge in [-0.2, -0.15) is 0 Å². The van der Waals surface area contributed by atoms with Crippen LogP contribution in [0.2, 0.25) is 0 Å².